The van der Waals surface area contributed by atoms with Gasteiger partial charge in [0.05, 0.1) is 11.4 Å². The van der Waals surface area contributed by atoms with Crippen molar-refractivity contribution in [3.05, 3.63) is 28.8 Å². The third kappa shape index (κ3) is 3.48. The number of piperazine rings is 1. The number of hydrogen-bond acceptors (Lipinski definition) is 4. The fraction of sp³-hybridized carbons (Fsp3) is 0.533. The van der Waals surface area contributed by atoms with Crippen molar-refractivity contribution in [3.63, 3.8) is 0 Å². The van der Waals surface area contributed by atoms with E-state index < -0.39 is 16.0 Å². The molecule has 6 nitrogen and oxygen atoms in total. The summed E-state index contributed by atoms with van der Waals surface area (Å²) < 4.78 is 27.0. The Hall–Kier alpha value is -1.44. The van der Waals surface area contributed by atoms with Gasteiger partial charge in [-0.15, -0.1) is 0 Å². The van der Waals surface area contributed by atoms with E-state index in [1.54, 1.807) is 17.9 Å². The summed E-state index contributed by atoms with van der Waals surface area (Å²) in [4.78, 5) is 12.8. The third-order valence-electron chi connectivity index (χ3n) is 4.10. The highest BCUT2D eigenvalue weighted by Gasteiger charge is 2.30. The second kappa shape index (κ2) is 6.36. The van der Waals surface area contributed by atoms with Crippen molar-refractivity contribution < 1.29 is 18.3 Å². The Labute approximate surface area is 131 Å². The zero-order valence-electron chi connectivity index (χ0n) is 13.2. The summed E-state index contributed by atoms with van der Waals surface area (Å²) in [5, 5.41) is 8.79. The van der Waals surface area contributed by atoms with Gasteiger partial charge in [0.15, 0.2) is 0 Å². The molecule has 0 aliphatic carbocycles. The van der Waals surface area contributed by atoms with E-state index in [0.717, 1.165) is 16.7 Å². The maximum absolute atomic E-state index is 12.8. The van der Waals surface area contributed by atoms with Crippen molar-refractivity contribution in [1.29, 1.82) is 0 Å². The van der Waals surface area contributed by atoms with Crippen molar-refractivity contribution in [2.75, 3.05) is 32.7 Å². The van der Waals surface area contributed by atoms with Crippen LogP contribution in [0.4, 0.5) is 0 Å². The molecule has 1 heterocycles. The predicted molar refractivity (Wildman–Crippen MR) is 83.5 cm³/mol. The third-order valence-corrected chi connectivity index (χ3v) is 6.14. The fourth-order valence-corrected chi connectivity index (χ4v) is 4.38. The molecule has 22 heavy (non-hydrogen) atoms. The van der Waals surface area contributed by atoms with Gasteiger partial charge in [-0.1, -0.05) is 6.07 Å². The minimum atomic E-state index is -3.52. The molecular weight excluding hydrogens is 304 g/mol. The van der Waals surface area contributed by atoms with Crippen LogP contribution < -0.4 is 0 Å². The zero-order valence-corrected chi connectivity index (χ0v) is 14.0. The molecule has 0 amide bonds. The topological polar surface area (TPSA) is 77.9 Å². The van der Waals surface area contributed by atoms with E-state index in [2.05, 4.69) is 0 Å². The van der Waals surface area contributed by atoms with E-state index in [9.17, 15) is 13.2 Å². The number of carbonyl (C=O) groups is 1. The molecular formula is C15H22N2O4S. The minimum Gasteiger partial charge on any atom is -0.480 e. The number of sulfonamides is 1. The van der Waals surface area contributed by atoms with Crippen LogP contribution >= 0.6 is 0 Å². The lowest BCUT2D eigenvalue weighted by molar-refractivity contribution is -0.138. The quantitative estimate of drug-likeness (QED) is 0.893. The van der Waals surface area contributed by atoms with E-state index in [1.165, 1.54) is 4.31 Å². The van der Waals surface area contributed by atoms with E-state index in [0.29, 0.717) is 31.1 Å². The Morgan fingerprint density at radius 3 is 2.14 bits per heavy atom. The van der Waals surface area contributed by atoms with Crippen LogP contribution in [0.5, 0.6) is 0 Å². The molecule has 1 aliphatic heterocycles. The van der Waals surface area contributed by atoms with Crippen LogP contribution in [-0.4, -0.2) is 61.4 Å². The van der Waals surface area contributed by atoms with Crippen LogP contribution in [0.2, 0.25) is 0 Å². The smallest absolute Gasteiger partial charge is 0.317 e. The molecule has 1 aromatic carbocycles. The standard InChI is InChI=1S/C15H22N2O4S/c1-11-8-13(3)14(9-12(11)2)22(20,21)17-6-4-16(5-7-17)10-15(18)19/h8-9H,4-7,10H2,1-3H3,(H,18,19). The van der Waals surface area contributed by atoms with Crippen molar-refractivity contribution in [2.45, 2.75) is 25.7 Å². The lowest BCUT2D eigenvalue weighted by Gasteiger charge is -2.33. The second-order valence-corrected chi connectivity index (χ2v) is 7.68. The summed E-state index contributed by atoms with van der Waals surface area (Å²) in [6.45, 7) is 7.15. The van der Waals surface area contributed by atoms with Gasteiger partial charge in [-0.3, -0.25) is 9.69 Å². The lowest BCUT2D eigenvalue weighted by Crippen LogP contribution is -2.49. The van der Waals surface area contributed by atoms with E-state index in [4.69, 9.17) is 5.11 Å². The number of carboxylic acids is 1. The Morgan fingerprint density at radius 2 is 1.59 bits per heavy atom. The number of hydrogen-bond donors (Lipinski definition) is 1. The first-order chi connectivity index (χ1) is 10.2. The molecule has 122 valence electrons. The van der Waals surface area contributed by atoms with Crippen molar-refractivity contribution in [3.8, 4) is 0 Å². The molecule has 1 N–H and O–H groups in total. The van der Waals surface area contributed by atoms with Crippen LogP contribution in [0.1, 0.15) is 16.7 Å². The molecule has 0 aromatic heterocycles. The summed E-state index contributed by atoms with van der Waals surface area (Å²) >= 11 is 0. The van der Waals surface area contributed by atoms with Crippen LogP contribution in [0.15, 0.2) is 17.0 Å². The molecule has 0 spiro atoms. The molecule has 0 unspecified atom stereocenters. The monoisotopic (exact) mass is 326 g/mol. The van der Waals surface area contributed by atoms with Crippen molar-refractivity contribution >= 4 is 16.0 Å². The summed E-state index contributed by atoms with van der Waals surface area (Å²) in [5.74, 6) is -0.888. The van der Waals surface area contributed by atoms with Gasteiger partial charge in [-0.2, -0.15) is 4.31 Å². The molecule has 0 atom stereocenters. The maximum Gasteiger partial charge on any atom is 0.317 e. The number of aryl methyl sites for hydroxylation is 3. The summed E-state index contributed by atoms with van der Waals surface area (Å²) in [5.41, 5.74) is 2.77. The van der Waals surface area contributed by atoms with Crippen LogP contribution in [0.25, 0.3) is 0 Å². The molecule has 0 radical (unpaired) electrons. The van der Waals surface area contributed by atoms with Gasteiger partial charge in [0.2, 0.25) is 10.0 Å². The Kier molecular flexibility index (Phi) is 4.89. The van der Waals surface area contributed by atoms with Crippen LogP contribution in [0, 0.1) is 20.8 Å². The molecule has 1 fully saturated rings. The van der Waals surface area contributed by atoms with Gasteiger partial charge in [0, 0.05) is 26.2 Å². The van der Waals surface area contributed by atoms with Gasteiger partial charge < -0.3 is 5.11 Å². The summed E-state index contributed by atoms with van der Waals surface area (Å²) in [6, 6.07) is 3.62. The number of rotatable bonds is 4. The molecule has 0 bridgehead atoms. The van der Waals surface area contributed by atoms with E-state index >= 15 is 0 Å². The Morgan fingerprint density at radius 1 is 1.05 bits per heavy atom. The highest BCUT2D eigenvalue weighted by Crippen LogP contribution is 2.24. The van der Waals surface area contributed by atoms with E-state index in [1.807, 2.05) is 19.9 Å². The van der Waals surface area contributed by atoms with Gasteiger partial charge in [-0.25, -0.2) is 8.42 Å². The predicted octanol–water partition coefficient (Wildman–Crippen LogP) is 1.00. The Bertz CT molecular complexity index is 677. The number of carboxylic acid groups (broad SMARTS) is 1. The first kappa shape index (κ1) is 16.9. The van der Waals surface area contributed by atoms with Gasteiger partial charge in [0.1, 0.15) is 0 Å². The molecule has 2 rings (SSSR count). The number of benzene rings is 1. The lowest BCUT2D eigenvalue weighted by atomic mass is 10.1. The zero-order chi connectivity index (χ0) is 16.5. The van der Waals surface area contributed by atoms with Crippen LogP contribution in [-0.2, 0) is 14.8 Å². The number of nitrogens with zero attached hydrogens (tertiary/aromatic N) is 2. The van der Waals surface area contributed by atoms with Crippen LogP contribution in [0.3, 0.4) is 0 Å². The average Bonchev–Trinajstić information content (AvgIpc) is 2.42. The summed E-state index contributed by atoms with van der Waals surface area (Å²) in [7, 11) is -3.52. The first-order valence-electron chi connectivity index (χ1n) is 7.24. The first-order valence-corrected chi connectivity index (χ1v) is 8.68. The second-order valence-electron chi connectivity index (χ2n) is 5.78. The molecule has 1 aromatic rings. The maximum atomic E-state index is 12.8. The molecule has 1 aliphatic rings. The molecule has 7 heteroatoms. The highest BCUT2D eigenvalue weighted by atomic mass is 32.2. The highest BCUT2D eigenvalue weighted by molar-refractivity contribution is 7.89. The van der Waals surface area contributed by atoms with Gasteiger partial charge in [-0.05, 0) is 43.5 Å². The minimum absolute atomic E-state index is 0.0451. The summed E-state index contributed by atoms with van der Waals surface area (Å²) in [6.07, 6.45) is 0. The fourth-order valence-electron chi connectivity index (χ4n) is 2.67. The van der Waals surface area contributed by atoms with Crippen molar-refractivity contribution in [2.24, 2.45) is 0 Å². The average molecular weight is 326 g/mol. The molecule has 1 saturated heterocycles. The van der Waals surface area contributed by atoms with E-state index in [-0.39, 0.29) is 6.54 Å². The normalized spacial score (nSPS) is 17.6. The number of aliphatic carboxylic acids is 1. The Balaban J connectivity index is 2.19. The van der Waals surface area contributed by atoms with Gasteiger partial charge in [0.25, 0.3) is 0 Å². The SMILES string of the molecule is Cc1cc(C)c(S(=O)(=O)N2CCN(CC(=O)O)CC2)cc1C. The largest absolute Gasteiger partial charge is 0.480 e. The van der Waals surface area contributed by atoms with Gasteiger partial charge >= 0.3 is 5.97 Å². The molecule has 0 saturated carbocycles. The van der Waals surface area contributed by atoms with Crippen molar-refractivity contribution in [1.82, 2.24) is 9.21 Å².